The van der Waals surface area contributed by atoms with Gasteiger partial charge in [0.05, 0.1) is 13.1 Å². The van der Waals surface area contributed by atoms with Gasteiger partial charge >= 0.3 is 0 Å². The molecule has 4 rings (SSSR count). The molecule has 2 N–H and O–H groups in total. The van der Waals surface area contributed by atoms with Crippen molar-refractivity contribution >= 4 is 17.5 Å². The number of halogens is 4. The fraction of sp³-hybridized carbons (Fsp3) is 0.579. The van der Waals surface area contributed by atoms with Gasteiger partial charge in [-0.25, -0.2) is 17.6 Å². The first-order valence-corrected chi connectivity index (χ1v) is 9.31. The van der Waals surface area contributed by atoms with Crippen LogP contribution in [-0.4, -0.2) is 54.2 Å². The van der Waals surface area contributed by atoms with Gasteiger partial charge in [-0.1, -0.05) is 6.07 Å². The molecule has 2 heterocycles. The number of hydrogen-bond acceptors (Lipinski definition) is 3. The van der Waals surface area contributed by atoms with Crippen LogP contribution < -0.4 is 10.6 Å². The minimum Gasteiger partial charge on any atom is -0.368 e. The van der Waals surface area contributed by atoms with Crippen LogP contribution in [0.25, 0.3) is 0 Å². The second-order valence-corrected chi connectivity index (χ2v) is 7.99. The number of nitrogens with two attached hydrogens (primary N) is 1. The molecular formula is C19H21F4N3O2. The summed E-state index contributed by atoms with van der Waals surface area (Å²) >= 11 is 0. The summed E-state index contributed by atoms with van der Waals surface area (Å²) in [6.45, 7) is -1.16. The molecule has 3 aliphatic rings. The van der Waals surface area contributed by atoms with E-state index in [0.29, 0.717) is 5.69 Å². The van der Waals surface area contributed by atoms with Gasteiger partial charge in [-0.2, -0.15) is 0 Å². The third kappa shape index (κ3) is 3.54. The third-order valence-electron chi connectivity index (χ3n) is 5.66. The number of anilines is 1. The zero-order valence-electron chi connectivity index (χ0n) is 15.1. The quantitative estimate of drug-likeness (QED) is 0.792. The van der Waals surface area contributed by atoms with Crippen LogP contribution in [0.3, 0.4) is 0 Å². The van der Waals surface area contributed by atoms with Crippen LogP contribution in [-0.2, 0) is 4.79 Å². The van der Waals surface area contributed by atoms with Crippen molar-refractivity contribution in [2.45, 2.75) is 49.5 Å². The molecule has 1 aromatic rings. The van der Waals surface area contributed by atoms with E-state index < -0.39 is 49.2 Å². The topological polar surface area (TPSA) is 66.6 Å². The van der Waals surface area contributed by atoms with E-state index >= 15 is 0 Å². The van der Waals surface area contributed by atoms with E-state index in [4.69, 9.17) is 5.73 Å². The van der Waals surface area contributed by atoms with Crippen molar-refractivity contribution in [2.75, 3.05) is 24.5 Å². The number of primary amides is 1. The van der Waals surface area contributed by atoms with Gasteiger partial charge in [-0.05, 0) is 36.5 Å². The Balaban J connectivity index is 1.66. The zero-order valence-corrected chi connectivity index (χ0v) is 15.1. The molecule has 3 fully saturated rings. The molecule has 9 heteroatoms. The monoisotopic (exact) mass is 399 g/mol. The lowest BCUT2D eigenvalue weighted by atomic mass is 10.0. The molecule has 152 valence electrons. The number of carbonyl (C=O) groups excluding carboxylic acids is 2. The average Bonchev–Trinajstić information content (AvgIpc) is 3.32. The predicted molar refractivity (Wildman–Crippen MR) is 93.8 cm³/mol. The molecule has 2 aliphatic heterocycles. The smallest absolute Gasteiger partial charge is 0.267 e. The van der Waals surface area contributed by atoms with E-state index in [0.717, 1.165) is 23.3 Å². The Labute approximate surface area is 159 Å². The van der Waals surface area contributed by atoms with Crippen LogP contribution >= 0.6 is 0 Å². The summed E-state index contributed by atoms with van der Waals surface area (Å²) in [5.74, 6) is -7.45. The Bertz CT molecular complexity index is 825. The van der Waals surface area contributed by atoms with Crippen molar-refractivity contribution in [1.29, 1.82) is 0 Å². The largest absolute Gasteiger partial charge is 0.368 e. The highest BCUT2D eigenvalue weighted by Gasteiger charge is 2.49. The number of carbonyl (C=O) groups is 2. The van der Waals surface area contributed by atoms with Gasteiger partial charge in [0.2, 0.25) is 5.91 Å². The summed E-state index contributed by atoms with van der Waals surface area (Å²) in [5, 5.41) is 0. The van der Waals surface area contributed by atoms with E-state index in [1.54, 1.807) is 11.0 Å². The van der Waals surface area contributed by atoms with E-state index in [-0.39, 0.29) is 24.4 Å². The van der Waals surface area contributed by atoms with Crippen LogP contribution in [0.15, 0.2) is 18.2 Å². The Hall–Kier alpha value is -2.32. The second kappa shape index (κ2) is 6.35. The van der Waals surface area contributed by atoms with Crippen molar-refractivity contribution < 1.29 is 27.2 Å². The molecular weight excluding hydrogens is 378 g/mol. The molecule has 5 nitrogen and oxygen atoms in total. The molecule has 1 aromatic carbocycles. The van der Waals surface area contributed by atoms with Crippen molar-refractivity contribution in [3.8, 4) is 0 Å². The summed E-state index contributed by atoms with van der Waals surface area (Å²) < 4.78 is 55.0. The summed E-state index contributed by atoms with van der Waals surface area (Å²) in [4.78, 5) is 26.7. The number of alkyl halides is 4. The van der Waals surface area contributed by atoms with Crippen molar-refractivity contribution in [3.63, 3.8) is 0 Å². The van der Waals surface area contributed by atoms with E-state index in [1.807, 2.05) is 0 Å². The first-order valence-electron chi connectivity index (χ1n) is 9.31. The number of benzene rings is 1. The molecule has 1 unspecified atom stereocenters. The molecule has 0 aromatic heterocycles. The minimum absolute atomic E-state index is 0.0959. The van der Waals surface area contributed by atoms with Crippen LogP contribution in [0.1, 0.15) is 47.5 Å². The molecule has 0 radical (unpaired) electrons. The van der Waals surface area contributed by atoms with Gasteiger partial charge in [0.1, 0.15) is 6.04 Å². The Kier molecular flexibility index (Phi) is 4.31. The number of likely N-dealkylation sites (tertiary alicyclic amines) is 1. The maximum absolute atomic E-state index is 13.8. The van der Waals surface area contributed by atoms with Crippen molar-refractivity contribution in [3.05, 3.63) is 29.3 Å². The summed E-state index contributed by atoms with van der Waals surface area (Å²) in [6, 6.07) is 3.34. The third-order valence-corrected chi connectivity index (χ3v) is 5.66. The fourth-order valence-electron chi connectivity index (χ4n) is 4.08. The highest BCUT2D eigenvalue weighted by Crippen LogP contribution is 2.46. The Morgan fingerprint density at radius 2 is 1.79 bits per heavy atom. The fourth-order valence-corrected chi connectivity index (χ4v) is 4.08. The molecule has 1 saturated carbocycles. The van der Waals surface area contributed by atoms with E-state index in [2.05, 4.69) is 0 Å². The van der Waals surface area contributed by atoms with Crippen molar-refractivity contribution in [1.82, 2.24) is 4.90 Å². The van der Waals surface area contributed by atoms with Gasteiger partial charge < -0.3 is 15.5 Å². The number of nitrogens with zero attached hydrogens (tertiary/aromatic N) is 2. The predicted octanol–water partition coefficient (Wildman–Crippen LogP) is 2.74. The zero-order chi connectivity index (χ0) is 20.3. The van der Waals surface area contributed by atoms with Crippen molar-refractivity contribution in [2.24, 2.45) is 5.73 Å². The first kappa shape index (κ1) is 19.0. The first-order chi connectivity index (χ1) is 13.1. The lowest BCUT2D eigenvalue weighted by Crippen LogP contribution is -2.43. The molecule has 2 amide bonds. The number of rotatable bonds is 4. The SMILES string of the molecule is NC(=O)C1CC(F)(F)CN1C(=O)c1ccc(C2CC2)c(N2CCC(F)(F)C2)c1. The minimum atomic E-state index is -3.19. The maximum Gasteiger partial charge on any atom is 0.267 e. The molecule has 1 atom stereocenters. The van der Waals surface area contributed by atoms with Gasteiger partial charge in [0.15, 0.2) is 0 Å². The normalized spacial score (nSPS) is 25.9. The lowest BCUT2D eigenvalue weighted by molar-refractivity contribution is -0.121. The van der Waals surface area contributed by atoms with Gasteiger partial charge in [0, 0.05) is 30.6 Å². The highest BCUT2D eigenvalue weighted by molar-refractivity contribution is 5.98. The standard InChI is InChI=1S/C19H21F4N3O2/c20-18(21)5-6-25(9-18)14-7-12(3-4-13(14)11-1-2-11)17(28)26-10-19(22,23)8-15(26)16(24)27/h3-4,7,11,15H,1-2,5-6,8-10H2,(H2,24,27). The molecule has 1 aliphatic carbocycles. The number of hydrogen-bond donors (Lipinski definition) is 1. The number of amides is 2. The van der Waals surface area contributed by atoms with E-state index in [9.17, 15) is 27.2 Å². The van der Waals surface area contributed by atoms with Gasteiger partial charge in [-0.3, -0.25) is 9.59 Å². The van der Waals surface area contributed by atoms with Crippen LogP contribution in [0.4, 0.5) is 23.2 Å². The Morgan fingerprint density at radius 3 is 2.36 bits per heavy atom. The van der Waals surface area contributed by atoms with Crippen LogP contribution in [0.2, 0.25) is 0 Å². The average molecular weight is 399 g/mol. The van der Waals surface area contributed by atoms with Crippen LogP contribution in [0.5, 0.6) is 0 Å². The van der Waals surface area contributed by atoms with Gasteiger partial charge in [-0.15, -0.1) is 0 Å². The summed E-state index contributed by atoms with van der Waals surface area (Å²) in [7, 11) is 0. The maximum atomic E-state index is 13.8. The Morgan fingerprint density at radius 1 is 1.07 bits per heavy atom. The summed E-state index contributed by atoms with van der Waals surface area (Å²) in [5.41, 5.74) is 6.74. The lowest BCUT2D eigenvalue weighted by Gasteiger charge is -2.25. The molecule has 2 saturated heterocycles. The molecule has 0 spiro atoms. The highest BCUT2D eigenvalue weighted by atomic mass is 19.3. The van der Waals surface area contributed by atoms with Gasteiger partial charge in [0.25, 0.3) is 17.8 Å². The second-order valence-electron chi connectivity index (χ2n) is 7.99. The molecule has 0 bridgehead atoms. The molecule has 28 heavy (non-hydrogen) atoms. The van der Waals surface area contributed by atoms with Crippen LogP contribution in [0, 0.1) is 0 Å². The summed E-state index contributed by atoms with van der Waals surface area (Å²) in [6.07, 6.45) is 0.829. The van der Waals surface area contributed by atoms with E-state index in [1.165, 1.54) is 12.1 Å².